The average Bonchev–Trinajstić information content (AvgIpc) is 3.36. The Morgan fingerprint density at radius 2 is 1.96 bits per heavy atom. The predicted octanol–water partition coefficient (Wildman–Crippen LogP) is 7.48. The number of benzene rings is 2. The number of nitrogens with zero attached hydrogens (tertiary/aromatic N) is 6. The van der Waals surface area contributed by atoms with Gasteiger partial charge in [-0.15, -0.1) is 11.3 Å². The number of hydrogen-bond acceptors (Lipinski definition) is 11. The minimum Gasteiger partial charge on any atom is -0.489 e. The number of rotatable bonds is 6. The SMILES string of the molecule is C[C@H](c1cccnc1N)N1CCOc2c(Cl)c(-c3ccc(F)c4sc(N)c(C#N)c34)c(F)c3nc(OC[C@@]45CCCN4C[C@]4(CC4(F)F)C5)nc1c23. The zero-order valence-electron chi connectivity index (χ0n) is 27.8. The van der Waals surface area contributed by atoms with E-state index in [1.165, 1.54) is 12.1 Å². The third-order valence-electron chi connectivity index (χ3n) is 11.4. The second-order valence-corrected chi connectivity index (χ2v) is 15.6. The van der Waals surface area contributed by atoms with Crippen molar-refractivity contribution >= 4 is 60.6 Å². The molecule has 2 saturated heterocycles. The Hall–Kier alpha value is -4.65. The molecule has 0 bridgehead atoms. The van der Waals surface area contributed by atoms with Gasteiger partial charge in [0.1, 0.15) is 47.3 Å². The van der Waals surface area contributed by atoms with Gasteiger partial charge in [-0.2, -0.15) is 15.2 Å². The summed E-state index contributed by atoms with van der Waals surface area (Å²) in [6.45, 7) is 3.28. The second kappa shape index (κ2) is 11.4. The van der Waals surface area contributed by atoms with E-state index in [0.717, 1.165) is 17.8 Å². The van der Waals surface area contributed by atoms with Gasteiger partial charge >= 0.3 is 6.01 Å². The molecular formula is C36H31ClF4N8O2S. The molecule has 3 aromatic heterocycles. The van der Waals surface area contributed by atoms with Crippen molar-refractivity contribution in [3.05, 3.63) is 58.2 Å². The molecule has 1 spiro atoms. The van der Waals surface area contributed by atoms with Crippen molar-refractivity contribution in [2.45, 2.75) is 50.1 Å². The van der Waals surface area contributed by atoms with Gasteiger partial charge in [0.15, 0.2) is 11.6 Å². The van der Waals surface area contributed by atoms with Crippen LogP contribution in [-0.4, -0.2) is 64.2 Å². The Balaban J connectivity index is 1.24. The molecule has 0 amide bonds. The number of nitrogens with two attached hydrogens (primary N) is 2. The first kappa shape index (κ1) is 33.2. The molecule has 0 unspecified atom stereocenters. The van der Waals surface area contributed by atoms with Gasteiger partial charge in [-0.05, 0) is 50.4 Å². The van der Waals surface area contributed by atoms with Crippen molar-refractivity contribution in [2.24, 2.45) is 5.41 Å². The molecule has 3 fully saturated rings. The number of halogens is 5. The van der Waals surface area contributed by atoms with Crippen LogP contribution in [0.1, 0.15) is 49.8 Å². The lowest BCUT2D eigenvalue weighted by Gasteiger charge is -2.32. The average molecular weight is 751 g/mol. The molecule has 3 aliphatic heterocycles. The smallest absolute Gasteiger partial charge is 0.319 e. The Kier molecular flexibility index (Phi) is 7.29. The highest BCUT2D eigenvalue weighted by Crippen LogP contribution is 2.69. The fourth-order valence-electron chi connectivity index (χ4n) is 8.72. The number of nitriles is 1. The van der Waals surface area contributed by atoms with Crippen molar-refractivity contribution in [3.63, 3.8) is 0 Å². The summed E-state index contributed by atoms with van der Waals surface area (Å²) < 4.78 is 74.2. The summed E-state index contributed by atoms with van der Waals surface area (Å²) in [6.07, 6.45) is 3.24. The molecule has 0 radical (unpaired) electrons. The van der Waals surface area contributed by atoms with Crippen LogP contribution in [0.3, 0.4) is 0 Å². The third kappa shape index (κ3) is 4.66. The Bertz CT molecular complexity index is 2390. The zero-order chi connectivity index (χ0) is 36.3. The second-order valence-electron chi connectivity index (χ2n) is 14.2. The summed E-state index contributed by atoms with van der Waals surface area (Å²) in [4.78, 5) is 17.6. The van der Waals surface area contributed by atoms with Gasteiger partial charge in [-0.1, -0.05) is 23.7 Å². The molecule has 16 heteroatoms. The lowest BCUT2D eigenvalue weighted by Crippen LogP contribution is -2.43. The van der Waals surface area contributed by atoms with E-state index in [4.69, 9.17) is 37.5 Å². The number of pyridine rings is 1. The summed E-state index contributed by atoms with van der Waals surface area (Å²) in [5.41, 5.74) is 11.2. The van der Waals surface area contributed by atoms with Crippen LogP contribution >= 0.6 is 22.9 Å². The predicted molar refractivity (Wildman–Crippen MR) is 190 cm³/mol. The highest BCUT2D eigenvalue weighted by molar-refractivity contribution is 7.23. The standard InChI is InChI=1S/C36H31ClF4N8O2S/c1-17(18-4-2-8-45-30(18)43)49-10-11-50-28-24-27(26(39)23(25(28)37)19-5-6-21(38)29-22(19)20(12-42)31(44)52-29)46-33(47-32(24)49)51-16-35-7-3-9-48(35)15-34(13-35)14-36(34,40)41/h2,4-6,8,17H,3,7,9-11,13-16,44H2,1H3,(H2,43,45)/t17-,34-,35+/m1/s1. The van der Waals surface area contributed by atoms with Gasteiger partial charge in [0.25, 0.3) is 5.92 Å². The molecule has 6 heterocycles. The fourth-order valence-corrected chi connectivity index (χ4v) is 10.0. The monoisotopic (exact) mass is 750 g/mol. The molecule has 3 atom stereocenters. The van der Waals surface area contributed by atoms with E-state index in [1.807, 2.05) is 24.0 Å². The normalized spacial score (nSPS) is 23.8. The maximum atomic E-state index is 17.4. The molecule has 1 aliphatic carbocycles. The van der Waals surface area contributed by atoms with Crippen molar-refractivity contribution in [1.29, 1.82) is 5.26 Å². The van der Waals surface area contributed by atoms with Gasteiger partial charge in [0.05, 0.1) is 44.2 Å². The van der Waals surface area contributed by atoms with Crippen molar-refractivity contribution in [1.82, 2.24) is 19.9 Å². The Labute approximate surface area is 303 Å². The lowest BCUT2D eigenvalue weighted by molar-refractivity contribution is 0.0647. The first-order chi connectivity index (χ1) is 24.9. The molecule has 4 N–H and O–H groups in total. The molecule has 10 nitrogen and oxygen atoms in total. The topological polar surface area (TPSA) is 139 Å². The molecule has 9 rings (SSSR count). The van der Waals surface area contributed by atoms with E-state index < -0.39 is 34.6 Å². The molecule has 1 saturated carbocycles. The summed E-state index contributed by atoms with van der Waals surface area (Å²) in [6, 6.07) is 7.53. The summed E-state index contributed by atoms with van der Waals surface area (Å²) >= 11 is 7.93. The molecule has 5 aromatic rings. The van der Waals surface area contributed by atoms with E-state index in [9.17, 15) is 14.0 Å². The molecule has 4 aliphatic rings. The molecule has 52 heavy (non-hydrogen) atoms. The van der Waals surface area contributed by atoms with Crippen molar-refractivity contribution in [3.8, 4) is 29.0 Å². The number of hydrogen-bond donors (Lipinski definition) is 2. The minimum atomic E-state index is -2.71. The number of ether oxygens (including phenoxy) is 2. The van der Waals surface area contributed by atoms with Gasteiger partial charge in [0, 0.05) is 35.7 Å². The van der Waals surface area contributed by atoms with Crippen LogP contribution in [-0.2, 0) is 0 Å². The van der Waals surface area contributed by atoms with Crippen LogP contribution < -0.4 is 25.8 Å². The fraction of sp³-hybridized carbons (Fsp3) is 0.389. The van der Waals surface area contributed by atoms with Gasteiger partial charge in [-0.3, -0.25) is 4.90 Å². The number of alkyl halides is 2. The van der Waals surface area contributed by atoms with Crippen LogP contribution in [0, 0.1) is 28.4 Å². The molecule has 268 valence electrons. The van der Waals surface area contributed by atoms with Gasteiger partial charge in [0.2, 0.25) is 0 Å². The number of fused-ring (bicyclic) bond motifs is 2. The zero-order valence-corrected chi connectivity index (χ0v) is 29.4. The first-order valence-electron chi connectivity index (χ1n) is 16.9. The molecular weight excluding hydrogens is 720 g/mol. The van der Waals surface area contributed by atoms with Crippen LogP contribution in [0.5, 0.6) is 11.8 Å². The van der Waals surface area contributed by atoms with Crippen LogP contribution in [0.4, 0.5) is 34.2 Å². The van der Waals surface area contributed by atoms with E-state index in [0.29, 0.717) is 30.9 Å². The maximum absolute atomic E-state index is 17.4. The van der Waals surface area contributed by atoms with Crippen LogP contribution in [0.2, 0.25) is 5.02 Å². The quantitative estimate of drug-likeness (QED) is 0.168. The van der Waals surface area contributed by atoms with Crippen LogP contribution in [0.15, 0.2) is 30.5 Å². The Morgan fingerprint density at radius 3 is 2.71 bits per heavy atom. The highest BCUT2D eigenvalue weighted by atomic mass is 35.5. The van der Waals surface area contributed by atoms with E-state index in [1.54, 1.807) is 12.3 Å². The first-order valence-corrected chi connectivity index (χ1v) is 18.1. The number of aromatic nitrogens is 3. The van der Waals surface area contributed by atoms with Gasteiger partial charge in [-0.25, -0.2) is 22.5 Å². The summed E-state index contributed by atoms with van der Waals surface area (Å²) in [5, 5.41) is 10.2. The Morgan fingerprint density at radius 1 is 1.15 bits per heavy atom. The number of anilines is 3. The van der Waals surface area contributed by atoms with Crippen molar-refractivity contribution < 1.29 is 27.0 Å². The largest absolute Gasteiger partial charge is 0.489 e. The maximum Gasteiger partial charge on any atom is 0.319 e. The van der Waals surface area contributed by atoms with Crippen molar-refractivity contribution in [2.75, 3.05) is 49.2 Å². The van der Waals surface area contributed by atoms with E-state index in [2.05, 4.69) is 14.9 Å². The van der Waals surface area contributed by atoms with E-state index >= 15 is 8.78 Å². The van der Waals surface area contributed by atoms with E-state index in [-0.39, 0.29) is 97.9 Å². The number of nitrogen functional groups attached to an aromatic ring is 2. The summed E-state index contributed by atoms with van der Waals surface area (Å²) in [7, 11) is 0. The number of thiophene rings is 1. The third-order valence-corrected chi connectivity index (χ3v) is 12.8. The minimum absolute atomic E-state index is 0.00532. The molecule has 2 aromatic carbocycles. The lowest BCUT2D eigenvalue weighted by atomic mass is 9.89. The summed E-state index contributed by atoms with van der Waals surface area (Å²) in [5.74, 6) is -3.56. The van der Waals surface area contributed by atoms with Gasteiger partial charge < -0.3 is 25.8 Å². The van der Waals surface area contributed by atoms with Crippen LogP contribution in [0.25, 0.3) is 32.1 Å². The highest BCUT2D eigenvalue weighted by Gasteiger charge is 2.77.